The van der Waals surface area contributed by atoms with E-state index in [0.717, 1.165) is 33.5 Å². The quantitative estimate of drug-likeness (QED) is 0.455. The summed E-state index contributed by atoms with van der Waals surface area (Å²) in [7, 11) is 0. The van der Waals surface area contributed by atoms with E-state index in [-0.39, 0.29) is 5.92 Å². The van der Waals surface area contributed by atoms with Crippen LogP contribution < -0.4 is 0 Å². The van der Waals surface area contributed by atoms with E-state index in [0.29, 0.717) is 0 Å². The molecule has 5 aromatic rings. The van der Waals surface area contributed by atoms with Gasteiger partial charge in [0.1, 0.15) is 0 Å². The highest BCUT2D eigenvalue weighted by Gasteiger charge is 2.16. The first-order chi connectivity index (χ1) is 13.3. The van der Waals surface area contributed by atoms with E-state index < -0.39 is 0 Å². The first kappa shape index (κ1) is 15.7. The summed E-state index contributed by atoms with van der Waals surface area (Å²) >= 11 is 0. The number of benzene rings is 2. The summed E-state index contributed by atoms with van der Waals surface area (Å²) in [6.45, 7) is 2.19. The molecule has 0 aliphatic carbocycles. The molecule has 0 radical (unpaired) electrons. The highest BCUT2D eigenvalue weighted by atomic mass is 15.3. The number of aromatic nitrogens is 4. The van der Waals surface area contributed by atoms with Crippen LogP contribution >= 0.6 is 0 Å². The van der Waals surface area contributed by atoms with Gasteiger partial charge in [-0.1, -0.05) is 49.4 Å². The number of hydrogen-bond donors (Lipinski definition) is 0. The van der Waals surface area contributed by atoms with Crippen LogP contribution in [-0.4, -0.2) is 19.6 Å². The number of hydrogen-bond acceptors (Lipinski definition) is 3. The Labute approximate surface area is 157 Å². The topological polar surface area (TPSA) is 43.1 Å². The van der Waals surface area contributed by atoms with Gasteiger partial charge in [-0.3, -0.25) is 4.98 Å². The summed E-state index contributed by atoms with van der Waals surface area (Å²) < 4.78 is 1.96. The van der Waals surface area contributed by atoms with Gasteiger partial charge in [0, 0.05) is 23.1 Å². The largest absolute Gasteiger partial charge is 0.256 e. The van der Waals surface area contributed by atoms with E-state index in [1.165, 1.54) is 5.56 Å². The second-order valence-corrected chi connectivity index (χ2v) is 6.71. The maximum atomic E-state index is 4.86. The monoisotopic (exact) mass is 350 g/mol. The van der Waals surface area contributed by atoms with Crippen LogP contribution in [0, 0.1) is 0 Å². The lowest BCUT2D eigenvalue weighted by atomic mass is 9.97. The van der Waals surface area contributed by atoms with Gasteiger partial charge in [0.15, 0.2) is 5.65 Å². The molecular formula is C23H18N4. The van der Waals surface area contributed by atoms with Crippen LogP contribution in [0.4, 0.5) is 0 Å². The third-order valence-electron chi connectivity index (χ3n) is 5.03. The molecule has 2 aromatic carbocycles. The Morgan fingerprint density at radius 1 is 0.852 bits per heavy atom. The van der Waals surface area contributed by atoms with Gasteiger partial charge in [-0.2, -0.15) is 5.10 Å². The van der Waals surface area contributed by atoms with E-state index in [9.17, 15) is 0 Å². The molecule has 0 N–H and O–H groups in total. The lowest BCUT2D eigenvalue weighted by Gasteiger charge is -2.13. The normalized spacial score (nSPS) is 12.5. The molecule has 0 unspecified atom stereocenters. The van der Waals surface area contributed by atoms with Crippen molar-refractivity contribution in [1.82, 2.24) is 19.6 Å². The molecule has 4 heteroatoms. The van der Waals surface area contributed by atoms with Gasteiger partial charge in [-0.15, -0.1) is 0 Å². The summed E-state index contributed by atoms with van der Waals surface area (Å²) in [4.78, 5) is 8.96. The highest BCUT2D eigenvalue weighted by molar-refractivity contribution is 5.79. The first-order valence-corrected chi connectivity index (χ1v) is 9.04. The molecule has 0 aliphatic rings. The van der Waals surface area contributed by atoms with Gasteiger partial charge in [0.2, 0.25) is 0 Å². The average Bonchev–Trinajstić information content (AvgIpc) is 3.16. The summed E-state index contributed by atoms with van der Waals surface area (Å²) in [6.07, 6.45) is 3.75. The summed E-state index contributed by atoms with van der Waals surface area (Å²) in [6, 6.07) is 24.8. The zero-order chi connectivity index (χ0) is 18.2. The minimum Gasteiger partial charge on any atom is -0.256 e. The van der Waals surface area contributed by atoms with Gasteiger partial charge in [-0.25, -0.2) is 9.50 Å². The Kier molecular flexibility index (Phi) is 3.68. The maximum absolute atomic E-state index is 4.86. The molecule has 3 aromatic heterocycles. The minimum absolute atomic E-state index is 0.170. The fourth-order valence-electron chi connectivity index (χ4n) is 3.48. The summed E-state index contributed by atoms with van der Waals surface area (Å²) in [5, 5.41) is 6.00. The molecule has 0 aliphatic heterocycles. The molecule has 0 saturated carbocycles. The lowest BCUT2D eigenvalue weighted by molar-refractivity contribution is 0.793. The molecule has 1 atom stereocenters. The Morgan fingerprint density at radius 2 is 1.74 bits per heavy atom. The van der Waals surface area contributed by atoms with Crippen LogP contribution in [0.3, 0.4) is 0 Å². The molecule has 0 amide bonds. The van der Waals surface area contributed by atoms with Crippen molar-refractivity contribution in [3.8, 4) is 11.3 Å². The van der Waals surface area contributed by atoms with Crippen molar-refractivity contribution in [3.63, 3.8) is 0 Å². The second kappa shape index (κ2) is 6.32. The number of fused-ring (bicyclic) bond motifs is 2. The summed E-state index contributed by atoms with van der Waals surface area (Å²) in [5.74, 6) is 0.170. The van der Waals surface area contributed by atoms with Crippen LogP contribution in [0.1, 0.15) is 24.1 Å². The van der Waals surface area contributed by atoms with Crippen LogP contribution in [0.2, 0.25) is 0 Å². The predicted molar refractivity (Wildman–Crippen MR) is 108 cm³/mol. The first-order valence-electron chi connectivity index (χ1n) is 9.04. The van der Waals surface area contributed by atoms with Gasteiger partial charge < -0.3 is 0 Å². The number of pyridine rings is 1. The van der Waals surface area contributed by atoms with Gasteiger partial charge in [0.25, 0.3) is 0 Å². The molecule has 27 heavy (non-hydrogen) atoms. The van der Waals surface area contributed by atoms with Crippen LogP contribution in [-0.2, 0) is 0 Å². The SMILES string of the molecule is C[C@@H](c1ccc2ncccc2c1)c1cnc2ccc(-c3ccccc3)nn12. The Balaban J connectivity index is 1.60. The fraction of sp³-hybridized carbons (Fsp3) is 0.0870. The molecular weight excluding hydrogens is 332 g/mol. The predicted octanol–water partition coefficient (Wildman–Crippen LogP) is 5.10. The Bertz CT molecular complexity index is 1240. The molecule has 5 rings (SSSR count). The van der Waals surface area contributed by atoms with E-state index in [2.05, 4.69) is 53.3 Å². The Morgan fingerprint density at radius 3 is 2.63 bits per heavy atom. The van der Waals surface area contributed by atoms with Crippen LogP contribution in [0.5, 0.6) is 0 Å². The molecule has 0 spiro atoms. The van der Waals surface area contributed by atoms with Crippen molar-refractivity contribution in [2.24, 2.45) is 0 Å². The number of nitrogens with zero attached hydrogens (tertiary/aromatic N) is 4. The molecule has 130 valence electrons. The number of imidazole rings is 1. The lowest BCUT2D eigenvalue weighted by Crippen LogP contribution is -2.04. The smallest absolute Gasteiger partial charge is 0.153 e. The van der Waals surface area contributed by atoms with E-state index in [1.54, 1.807) is 0 Å². The van der Waals surface area contributed by atoms with Gasteiger partial charge in [-0.05, 0) is 35.9 Å². The van der Waals surface area contributed by atoms with Crippen molar-refractivity contribution >= 4 is 16.6 Å². The van der Waals surface area contributed by atoms with Crippen LogP contribution in [0.25, 0.3) is 27.8 Å². The van der Waals surface area contributed by atoms with Crippen LogP contribution in [0.15, 0.2) is 85.2 Å². The third kappa shape index (κ3) is 2.75. The third-order valence-corrected chi connectivity index (χ3v) is 5.03. The van der Waals surface area contributed by atoms with Crippen molar-refractivity contribution in [2.45, 2.75) is 12.8 Å². The maximum Gasteiger partial charge on any atom is 0.153 e. The molecule has 0 bridgehead atoms. The Hall–Kier alpha value is -3.53. The average molecular weight is 350 g/mol. The molecule has 0 saturated heterocycles. The zero-order valence-corrected chi connectivity index (χ0v) is 14.9. The van der Waals surface area contributed by atoms with Crippen molar-refractivity contribution in [2.75, 3.05) is 0 Å². The molecule has 0 fully saturated rings. The summed E-state index contributed by atoms with van der Waals surface area (Å²) in [5.41, 5.74) is 6.21. The minimum atomic E-state index is 0.170. The fourth-order valence-corrected chi connectivity index (χ4v) is 3.48. The van der Waals surface area contributed by atoms with Gasteiger partial charge in [0.05, 0.1) is 23.1 Å². The van der Waals surface area contributed by atoms with E-state index in [4.69, 9.17) is 5.10 Å². The zero-order valence-electron chi connectivity index (χ0n) is 14.9. The standard InChI is InChI=1S/C23H18N4/c1-16(18-9-10-20-19(14-18)8-5-13-24-20)22-15-25-23-12-11-21(26-27(22)23)17-6-3-2-4-7-17/h2-16H,1H3/t16-/m0/s1. The highest BCUT2D eigenvalue weighted by Crippen LogP contribution is 2.27. The van der Waals surface area contributed by atoms with Crippen molar-refractivity contribution in [3.05, 3.63) is 96.4 Å². The molecule has 3 heterocycles. The molecule has 4 nitrogen and oxygen atoms in total. The number of rotatable bonds is 3. The van der Waals surface area contributed by atoms with Gasteiger partial charge >= 0.3 is 0 Å². The van der Waals surface area contributed by atoms with E-state index in [1.807, 2.05) is 53.3 Å². The van der Waals surface area contributed by atoms with Crippen molar-refractivity contribution < 1.29 is 0 Å². The van der Waals surface area contributed by atoms with Crippen molar-refractivity contribution in [1.29, 1.82) is 0 Å². The van der Waals surface area contributed by atoms with E-state index >= 15 is 0 Å². The second-order valence-electron chi connectivity index (χ2n) is 6.71.